The Bertz CT molecular complexity index is 596. The van der Waals surface area contributed by atoms with E-state index in [1.807, 2.05) is 40.8 Å². The summed E-state index contributed by atoms with van der Waals surface area (Å²) < 4.78 is 5.29. The summed E-state index contributed by atoms with van der Waals surface area (Å²) in [6.45, 7) is 12.7. The zero-order valence-corrected chi connectivity index (χ0v) is 19.9. The van der Waals surface area contributed by atoms with Gasteiger partial charge in [-0.05, 0) is 41.5 Å². The third-order valence-electron chi connectivity index (χ3n) is 3.06. The molecule has 0 spiro atoms. The lowest BCUT2D eigenvalue weighted by Crippen LogP contribution is -2.54. The monoisotopic (exact) mass is 497 g/mol. The van der Waals surface area contributed by atoms with E-state index in [4.69, 9.17) is 4.74 Å². The molecule has 0 saturated carbocycles. The molecule has 150 valence electrons. The Balaban J connectivity index is 0.00000625. The number of ether oxygens (including phenoxy) is 1. The fourth-order valence-electron chi connectivity index (χ4n) is 1.95. The van der Waals surface area contributed by atoms with Crippen molar-refractivity contribution in [2.75, 3.05) is 20.1 Å². The SMILES string of the molecule is CN=C(NCCc1ncc(C)s1)NCC(C)(C)NC(=O)OC(C)(C)C.I. The molecule has 1 aromatic rings. The topological polar surface area (TPSA) is 87.6 Å². The molecule has 1 aromatic heterocycles. The second kappa shape index (κ2) is 10.9. The number of nitrogens with one attached hydrogen (secondary N) is 3. The van der Waals surface area contributed by atoms with Gasteiger partial charge >= 0.3 is 6.09 Å². The zero-order valence-electron chi connectivity index (χ0n) is 16.7. The maximum Gasteiger partial charge on any atom is 0.408 e. The summed E-state index contributed by atoms with van der Waals surface area (Å²) in [5.41, 5.74) is -0.994. The van der Waals surface area contributed by atoms with Crippen molar-refractivity contribution in [3.63, 3.8) is 0 Å². The lowest BCUT2D eigenvalue weighted by Gasteiger charge is -2.29. The number of thiazole rings is 1. The van der Waals surface area contributed by atoms with Crippen LogP contribution in [0.3, 0.4) is 0 Å². The van der Waals surface area contributed by atoms with E-state index in [-0.39, 0.29) is 24.0 Å². The first-order chi connectivity index (χ1) is 11.5. The molecule has 0 fully saturated rings. The summed E-state index contributed by atoms with van der Waals surface area (Å²) in [4.78, 5) is 21.7. The molecule has 9 heteroatoms. The smallest absolute Gasteiger partial charge is 0.408 e. The van der Waals surface area contributed by atoms with Gasteiger partial charge in [0.25, 0.3) is 0 Å². The molecule has 0 atom stereocenters. The van der Waals surface area contributed by atoms with Crippen LogP contribution in [0.1, 0.15) is 44.5 Å². The average molecular weight is 497 g/mol. The molecular formula is C17H32IN5O2S. The minimum Gasteiger partial charge on any atom is -0.444 e. The first kappa shape index (κ1) is 24.9. The van der Waals surface area contributed by atoms with Gasteiger partial charge in [-0.15, -0.1) is 35.3 Å². The molecule has 0 saturated heterocycles. The summed E-state index contributed by atoms with van der Waals surface area (Å²) in [6, 6.07) is 0. The van der Waals surface area contributed by atoms with Crippen LogP contribution >= 0.6 is 35.3 Å². The van der Waals surface area contributed by atoms with E-state index in [1.165, 1.54) is 4.88 Å². The second-order valence-corrected chi connectivity index (χ2v) is 8.80. The van der Waals surface area contributed by atoms with E-state index < -0.39 is 17.2 Å². The van der Waals surface area contributed by atoms with Crippen molar-refractivity contribution in [1.29, 1.82) is 0 Å². The van der Waals surface area contributed by atoms with Crippen LogP contribution in [0.5, 0.6) is 0 Å². The van der Waals surface area contributed by atoms with Crippen LogP contribution in [0, 0.1) is 6.92 Å². The van der Waals surface area contributed by atoms with Crippen molar-refractivity contribution in [2.45, 2.75) is 59.1 Å². The van der Waals surface area contributed by atoms with E-state index in [9.17, 15) is 4.79 Å². The Hall–Kier alpha value is -1.10. The average Bonchev–Trinajstić information content (AvgIpc) is 2.85. The Morgan fingerprint density at radius 2 is 1.92 bits per heavy atom. The quantitative estimate of drug-likeness (QED) is 0.320. The van der Waals surface area contributed by atoms with E-state index in [2.05, 4.69) is 32.9 Å². The lowest BCUT2D eigenvalue weighted by molar-refractivity contribution is 0.0474. The molecule has 26 heavy (non-hydrogen) atoms. The maximum atomic E-state index is 11.9. The zero-order chi connectivity index (χ0) is 19.1. The van der Waals surface area contributed by atoms with Gasteiger partial charge in [0.15, 0.2) is 5.96 Å². The molecule has 0 aliphatic carbocycles. The van der Waals surface area contributed by atoms with Gasteiger partial charge in [-0.3, -0.25) is 4.99 Å². The van der Waals surface area contributed by atoms with Crippen molar-refractivity contribution >= 4 is 47.4 Å². The summed E-state index contributed by atoms with van der Waals surface area (Å²) in [6.07, 6.45) is 2.30. The Morgan fingerprint density at radius 3 is 2.42 bits per heavy atom. The van der Waals surface area contributed by atoms with Crippen molar-refractivity contribution in [3.05, 3.63) is 16.1 Å². The first-order valence-electron chi connectivity index (χ1n) is 8.38. The van der Waals surface area contributed by atoms with Gasteiger partial charge in [0.2, 0.25) is 0 Å². The van der Waals surface area contributed by atoms with Gasteiger partial charge in [0, 0.05) is 37.6 Å². The molecule has 0 radical (unpaired) electrons. The standard InChI is InChI=1S/C17H31N5O2S.HI/c1-12-10-20-13(25-12)8-9-19-14(18-7)21-11-17(5,6)22-15(23)24-16(2,3)4;/h10H,8-9,11H2,1-7H3,(H,22,23)(H2,18,19,21);1H. The minimum atomic E-state index is -0.515. The Labute approximate surface area is 177 Å². The number of alkyl carbamates (subject to hydrolysis) is 1. The highest BCUT2D eigenvalue weighted by Crippen LogP contribution is 2.11. The van der Waals surface area contributed by atoms with Crippen molar-refractivity contribution in [3.8, 4) is 0 Å². The number of halogens is 1. The summed E-state index contributed by atoms with van der Waals surface area (Å²) >= 11 is 1.70. The molecule has 1 amide bonds. The molecule has 3 N–H and O–H groups in total. The summed E-state index contributed by atoms with van der Waals surface area (Å²) in [5, 5.41) is 10.4. The third kappa shape index (κ3) is 10.8. The van der Waals surface area contributed by atoms with E-state index in [1.54, 1.807) is 18.4 Å². The van der Waals surface area contributed by atoms with Crippen LogP contribution in [0.15, 0.2) is 11.2 Å². The lowest BCUT2D eigenvalue weighted by atomic mass is 10.1. The van der Waals surface area contributed by atoms with Crippen LogP contribution in [0.25, 0.3) is 0 Å². The number of carbonyl (C=O) groups excluding carboxylic acids is 1. The van der Waals surface area contributed by atoms with Crippen LogP contribution < -0.4 is 16.0 Å². The number of rotatable bonds is 6. The van der Waals surface area contributed by atoms with Crippen molar-refractivity contribution in [2.24, 2.45) is 4.99 Å². The molecule has 1 rings (SSSR count). The summed E-state index contributed by atoms with van der Waals surface area (Å²) in [5.74, 6) is 0.687. The van der Waals surface area contributed by atoms with Gasteiger partial charge in [0.05, 0.1) is 10.5 Å². The third-order valence-corrected chi connectivity index (χ3v) is 4.03. The van der Waals surface area contributed by atoms with Gasteiger partial charge < -0.3 is 20.7 Å². The van der Waals surface area contributed by atoms with Crippen molar-refractivity contribution in [1.82, 2.24) is 20.9 Å². The highest BCUT2D eigenvalue weighted by molar-refractivity contribution is 14.0. The van der Waals surface area contributed by atoms with Gasteiger partial charge in [0.1, 0.15) is 5.60 Å². The molecule has 0 aliphatic rings. The highest BCUT2D eigenvalue weighted by atomic mass is 127. The number of aliphatic imine (C=N–C) groups is 1. The van der Waals surface area contributed by atoms with Crippen molar-refractivity contribution < 1.29 is 9.53 Å². The van der Waals surface area contributed by atoms with Crippen LogP contribution in [0.2, 0.25) is 0 Å². The Kier molecular flexibility index (Phi) is 10.4. The van der Waals surface area contributed by atoms with Gasteiger partial charge in [-0.1, -0.05) is 0 Å². The van der Waals surface area contributed by atoms with Gasteiger partial charge in [-0.25, -0.2) is 9.78 Å². The first-order valence-corrected chi connectivity index (χ1v) is 9.19. The van der Waals surface area contributed by atoms with E-state index in [0.717, 1.165) is 18.0 Å². The highest BCUT2D eigenvalue weighted by Gasteiger charge is 2.24. The molecule has 1 heterocycles. The predicted octanol–water partition coefficient (Wildman–Crippen LogP) is 3.08. The number of nitrogens with zero attached hydrogens (tertiary/aromatic N) is 2. The number of hydrogen-bond acceptors (Lipinski definition) is 5. The number of hydrogen-bond donors (Lipinski definition) is 3. The van der Waals surface area contributed by atoms with Crippen LogP contribution in [-0.4, -0.2) is 48.3 Å². The molecular weight excluding hydrogens is 465 g/mol. The summed E-state index contributed by atoms with van der Waals surface area (Å²) in [7, 11) is 1.72. The number of guanidine groups is 1. The number of aryl methyl sites for hydroxylation is 1. The number of aromatic nitrogens is 1. The number of amides is 1. The maximum absolute atomic E-state index is 11.9. The fraction of sp³-hybridized carbons (Fsp3) is 0.706. The van der Waals surface area contributed by atoms with Gasteiger partial charge in [-0.2, -0.15) is 0 Å². The molecule has 0 bridgehead atoms. The van der Waals surface area contributed by atoms with Crippen LogP contribution in [-0.2, 0) is 11.2 Å². The van der Waals surface area contributed by atoms with Crippen LogP contribution in [0.4, 0.5) is 4.79 Å². The predicted molar refractivity (Wildman–Crippen MR) is 119 cm³/mol. The fourth-order valence-corrected chi connectivity index (χ4v) is 2.74. The number of carbonyl (C=O) groups is 1. The minimum absolute atomic E-state index is 0. The molecule has 0 unspecified atom stereocenters. The molecule has 0 aliphatic heterocycles. The van der Waals surface area contributed by atoms with E-state index >= 15 is 0 Å². The molecule has 0 aromatic carbocycles. The largest absolute Gasteiger partial charge is 0.444 e. The normalized spacial score (nSPS) is 12.2. The molecule has 7 nitrogen and oxygen atoms in total. The van der Waals surface area contributed by atoms with E-state index in [0.29, 0.717) is 12.5 Å². The second-order valence-electron chi connectivity index (χ2n) is 7.48. The Morgan fingerprint density at radius 1 is 1.27 bits per heavy atom.